The summed E-state index contributed by atoms with van der Waals surface area (Å²) in [5.41, 5.74) is 1.15. The first-order valence-corrected chi connectivity index (χ1v) is 8.50. The van der Waals surface area contributed by atoms with Crippen LogP contribution in [-0.4, -0.2) is 55.4 Å². The number of carbonyl (C=O) groups is 1. The van der Waals surface area contributed by atoms with Crippen LogP contribution in [-0.2, 0) is 16.0 Å². The van der Waals surface area contributed by atoms with Crippen LogP contribution < -0.4 is 5.32 Å². The van der Waals surface area contributed by atoms with Gasteiger partial charge >= 0.3 is 6.18 Å². The van der Waals surface area contributed by atoms with Crippen LogP contribution in [0.2, 0.25) is 0 Å². The molecule has 1 amide bonds. The lowest BCUT2D eigenvalue weighted by molar-refractivity contribution is -0.185. The number of hydrogen-bond donors (Lipinski definition) is 1. The van der Waals surface area contributed by atoms with Gasteiger partial charge in [-0.3, -0.25) is 9.69 Å². The quantitative estimate of drug-likeness (QED) is 0.697. The minimum atomic E-state index is -4.44. The highest BCUT2D eigenvalue weighted by molar-refractivity contribution is 5.80. The van der Waals surface area contributed by atoms with Crippen LogP contribution in [0.25, 0.3) is 0 Å². The molecule has 0 aliphatic rings. The predicted octanol–water partition coefficient (Wildman–Crippen LogP) is 3.02. The van der Waals surface area contributed by atoms with E-state index in [1.54, 1.807) is 0 Å². The highest BCUT2D eigenvalue weighted by Crippen LogP contribution is 2.15. The summed E-state index contributed by atoms with van der Waals surface area (Å²) in [5, 5.41) is 2.72. The molecule has 0 aliphatic carbocycles. The van der Waals surface area contributed by atoms with Gasteiger partial charge in [0.05, 0.1) is 0 Å². The fourth-order valence-corrected chi connectivity index (χ4v) is 2.61. The zero-order valence-electron chi connectivity index (χ0n) is 15.0. The van der Waals surface area contributed by atoms with Gasteiger partial charge in [-0.1, -0.05) is 44.2 Å². The number of alkyl halides is 3. The molecule has 25 heavy (non-hydrogen) atoms. The number of carbonyl (C=O) groups excluding carboxylic acids is 1. The highest BCUT2D eigenvalue weighted by atomic mass is 19.4. The van der Waals surface area contributed by atoms with Crippen molar-refractivity contribution in [3.05, 3.63) is 35.9 Å². The first kappa shape index (κ1) is 21.4. The molecule has 0 spiro atoms. The van der Waals surface area contributed by atoms with E-state index in [2.05, 4.69) is 15.0 Å². The van der Waals surface area contributed by atoms with Crippen molar-refractivity contribution in [3.63, 3.8) is 0 Å². The largest absolute Gasteiger partial charge is 0.411 e. The second kappa shape index (κ2) is 10.4. The Kier molecular flexibility index (Phi) is 8.92. The molecule has 1 aromatic carbocycles. The minimum Gasteiger partial charge on any atom is -0.359 e. The second-order valence-electron chi connectivity index (χ2n) is 5.88. The Labute approximate surface area is 147 Å². The Balaban J connectivity index is 2.60. The van der Waals surface area contributed by atoms with E-state index in [1.165, 1.54) is 6.92 Å². The fourth-order valence-electron chi connectivity index (χ4n) is 2.61. The molecule has 0 fully saturated rings. The van der Waals surface area contributed by atoms with Gasteiger partial charge in [-0.15, -0.1) is 0 Å². The van der Waals surface area contributed by atoms with E-state index in [0.29, 0.717) is 6.54 Å². The standard InChI is InChI=1S/C18H27F3N2O2/c1-4-23(5-2)16(11-15-9-7-6-8-10-15)12-22-17(24)14(3)25-13-18(19,20)21/h6-10,14,16H,4-5,11-13H2,1-3H3,(H,22,24)/t14-,16-/m0/s1. The lowest BCUT2D eigenvalue weighted by atomic mass is 10.0. The molecule has 0 unspecified atom stereocenters. The summed E-state index contributed by atoms with van der Waals surface area (Å²) in [4.78, 5) is 14.2. The van der Waals surface area contributed by atoms with E-state index in [-0.39, 0.29) is 6.04 Å². The average Bonchev–Trinajstić information content (AvgIpc) is 2.58. The van der Waals surface area contributed by atoms with Crippen LogP contribution in [0.5, 0.6) is 0 Å². The van der Waals surface area contributed by atoms with Gasteiger partial charge in [-0.05, 0) is 32.0 Å². The third-order valence-corrected chi connectivity index (χ3v) is 4.02. The molecule has 0 heterocycles. The highest BCUT2D eigenvalue weighted by Gasteiger charge is 2.30. The smallest absolute Gasteiger partial charge is 0.359 e. The van der Waals surface area contributed by atoms with Crippen molar-refractivity contribution >= 4 is 5.91 Å². The molecule has 0 radical (unpaired) electrons. The van der Waals surface area contributed by atoms with E-state index < -0.39 is 24.8 Å². The molecule has 1 N–H and O–H groups in total. The Morgan fingerprint density at radius 2 is 1.80 bits per heavy atom. The zero-order valence-corrected chi connectivity index (χ0v) is 15.0. The lowest BCUT2D eigenvalue weighted by Gasteiger charge is -2.30. The van der Waals surface area contributed by atoms with Crippen LogP contribution in [0.3, 0.4) is 0 Å². The summed E-state index contributed by atoms with van der Waals surface area (Å²) in [5.74, 6) is -0.533. The van der Waals surface area contributed by atoms with Crippen LogP contribution in [0.15, 0.2) is 30.3 Å². The van der Waals surface area contributed by atoms with Gasteiger partial charge in [0.1, 0.15) is 12.7 Å². The number of benzene rings is 1. The zero-order chi connectivity index (χ0) is 18.9. The molecule has 0 saturated carbocycles. The number of halogens is 3. The topological polar surface area (TPSA) is 41.6 Å². The summed E-state index contributed by atoms with van der Waals surface area (Å²) in [6, 6.07) is 9.97. The van der Waals surface area contributed by atoms with Crippen molar-refractivity contribution in [1.29, 1.82) is 0 Å². The molecule has 2 atom stereocenters. The van der Waals surface area contributed by atoms with Crippen molar-refractivity contribution < 1.29 is 22.7 Å². The lowest BCUT2D eigenvalue weighted by Crippen LogP contribution is -2.47. The monoisotopic (exact) mass is 360 g/mol. The van der Waals surface area contributed by atoms with Gasteiger partial charge in [0, 0.05) is 12.6 Å². The van der Waals surface area contributed by atoms with Gasteiger partial charge in [0.15, 0.2) is 0 Å². The molecule has 1 aromatic rings. The third-order valence-electron chi connectivity index (χ3n) is 4.02. The maximum absolute atomic E-state index is 12.2. The van der Waals surface area contributed by atoms with Crippen molar-refractivity contribution in [1.82, 2.24) is 10.2 Å². The summed E-state index contributed by atoms with van der Waals surface area (Å²) in [6.07, 6.45) is -4.83. The summed E-state index contributed by atoms with van der Waals surface area (Å²) < 4.78 is 41.1. The molecule has 7 heteroatoms. The second-order valence-corrected chi connectivity index (χ2v) is 5.88. The maximum Gasteiger partial charge on any atom is 0.411 e. The van der Waals surface area contributed by atoms with Crippen LogP contribution in [0.1, 0.15) is 26.3 Å². The number of likely N-dealkylation sites (N-methyl/N-ethyl adjacent to an activating group) is 1. The molecule has 0 bridgehead atoms. The number of nitrogens with zero attached hydrogens (tertiary/aromatic N) is 1. The van der Waals surface area contributed by atoms with Crippen molar-refractivity contribution in [3.8, 4) is 0 Å². The third kappa shape index (κ3) is 8.36. The van der Waals surface area contributed by atoms with Gasteiger partial charge in [0.2, 0.25) is 5.91 Å². The molecule has 1 rings (SSSR count). The van der Waals surface area contributed by atoms with Gasteiger partial charge < -0.3 is 10.1 Å². The molecule has 4 nitrogen and oxygen atoms in total. The fraction of sp³-hybridized carbons (Fsp3) is 0.611. The van der Waals surface area contributed by atoms with E-state index >= 15 is 0 Å². The SMILES string of the molecule is CCN(CC)[C@H](CNC(=O)[C@H](C)OCC(F)(F)F)Cc1ccccc1. The first-order valence-electron chi connectivity index (χ1n) is 8.50. The minimum absolute atomic E-state index is 0.0659. The Morgan fingerprint density at radius 1 is 1.20 bits per heavy atom. The van der Waals surface area contributed by atoms with E-state index in [4.69, 9.17) is 0 Å². The number of hydrogen-bond acceptors (Lipinski definition) is 3. The van der Waals surface area contributed by atoms with Gasteiger partial charge in [-0.2, -0.15) is 13.2 Å². The summed E-state index contributed by atoms with van der Waals surface area (Å²) in [6.45, 7) is 5.98. The van der Waals surface area contributed by atoms with Crippen LogP contribution in [0, 0.1) is 0 Å². The van der Waals surface area contributed by atoms with Crippen LogP contribution in [0.4, 0.5) is 13.2 Å². The van der Waals surface area contributed by atoms with E-state index in [0.717, 1.165) is 25.1 Å². The van der Waals surface area contributed by atoms with Crippen LogP contribution >= 0.6 is 0 Å². The maximum atomic E-state index is 12.2. The molecule has 0 saturated heterocycles. The molecule has 0 aromatic heterocycles. The van der Waals surface area contributed by atoms with Gasteiger partial charge in [-0.25, -0.2) is 0 Å². The number of nitrogens with one attached hydrogen (secondary N) is 1. The molecular weight excluding hydrogens is 333 g/mol. The first-order chi connectivity index (χ1) is 11.8. The predicted molar refractivity (Wildman–Crippen MR) is 91.3 cm³/mol. The van der Waals surface area contributed by atoms with E-state index in [9.17, 15) is 18.0 Å². The van der Waals surface area contributed by atoms with Crippen molar-refractivity contribution in [2.24, 2.45) is 0 Å². The Hall–Kier alpha value is -1.60. The normalized spacial score (nSPS) is 14.4. The average molecular weight is 360 g/mol. The van der Waals surface area contributed by atoms with Crippen molar-refractivity contribution in [2.75, 3.05) is 26.2 Å². The molecule has 142 valence electrons. The Morgan fingerprint density at radius 3 is 2.32 bits per heavy atom. The number of rotatable bonds is 10. The Bertz CT molecular complexity index is 505. The summed E-state index contributed by atoms with van der Waals surface area (Å²) in [7, 11) is 0. The summed E-state index contributed by atoms with van der Waals surface area (Å²) >= 11 is 0. The molecular formula is C18H27F3N2O2. The number of amides is 1. The van der Waals surface area contributed by atoms with Crippen molar-refractivity contribution in [2.45, 2.75) is 45.5 Å². The molecule has 0 aliphatic heterocycles. The number of ether oxygens (including phenoxy) is 1. The van der Waals surface area contributed by atoms with Gasteiger partial charge in [0.25, 0.3) is 0 Å². The van der Waals surface area contributed by atoms with E-state index in [1.807, 2.05) is 44.2 Å².